The van der Waals surface area contributed by atoms with Gasteiger partial charge in [0.1, 0.15) is 5.69 Å². The lowest BCUT2D eigenvalue weighted by Gasteiger charge is -2.09. The van der Waals surface area contributed by atoms with Crippen LogP contribution >= 0.6 is 15.9 Å². The predicted molar refractivity (Wildman–Crippen MR) is 72.6 cm³/mol. The lowest BCUT2D eigenvalue weighted by atomic mass is 10.2. The fourth-order valence-electron chi connectivity index (χ4n) is 1.25. The molecule has 0 aliphatic rings. The summed E-state index contributed by atoms with van der Waals surface area (Å²) in [4.78, 5) is 21.9. The van der Waals surface area contributed by atoms with E-state index < -0.39 is 4.92 Å². The number of hydrogen-bond acceptors (Lipinski definition) is 4. The highest BCUT2D eigenvalue weighted by molar-refractivity contribution is 9.10. The number of halogens is 1. The zero-order valence-corrected chi connectivity index (χ0v) is 11.7. The van der Waals surface area contributed by atoms with Gasteiger partial charge < -0.3 is 10.6 Å². The maximum Gasteiger partial charge on any atom is 0.293 e. The van der Waals surface area contributed by atoms with Crippen LogP contribution in [0.4, 0.5) is 11.4 Å². The Kier molecular flexibility index (Phi) is 5.24. The molecule has 0 unspecified atom stereocenters. The zero-order valence-electron chi connectivity index (χ0n) is 10.1. The number of amides is 1. The summed E-state index contributed by atoms with van der Waals surface area (Å²) in [5.41, 5.74) is 0.0565. The minimum absolute atomic E-state index is 0.116. The average Bonchev–Trinajstić information content (AvgIpc) is 2.28. The largest absolute Gasteiger partial charge is 0.319 e. The Balaban J connectivity index is 2.78. The molecular weight excluding hydrogens is 302 g/mol. The van der Waals surface area contributed by atoms with Crippen LogP contribution < -0.4 is 10.6 Å². The van der Waals surface area contributed by atoms with E-state index in [2.05, 4.69) is 26.6 Å². The van der Waals surface area contributed by atoms with Crippen LogP contribution in [0.2, 0.25) is 0 Å². The number of hydrogen-bond donors (Lipinski definition) is 2. The normalized spacial score (nSPS) is 10.4. The molecule has 0 atom stereocenters. The molecule has 0 aliphatic heterocycles. The van der Waals surface area contributed by atoms with E-state index in [4.69, 9.17) is 0 Å². The smallest absolute Gasteiger partial charge is 0.293 e. The Hall–Kier alpha value is -1.47. The van der Waals surface area contributed by atoms with Gasteiger partial charge in [0.05, 0.1) is 11.5 Å². The van der Waals surface area contributed by atoms with Crippen molar-refractivity contribution in [3.05, 3.63) is 32.8 Å². The van der Waals surface area contributed by atoms with E-state index in [0.29, 0.717) is 4.47 Å². The fourth-order valence-corrected chi connectivity index (χ4v) is 1.60. The second-order valence-electron chi connectivity index (χ2n) is 4.00. The molecule has 6 nitrogen and oxygen atoms in total. The molecule has 0 aromatic heterocycles. The molecule has 1 aromatic carbocycles. The van der Waals surface area contributed by atoms with E-state index in [1.165, 1.54) is 12.1 Å². The molecule has 0 saturated heterocycles. The lowest BCUT2D eigenvalue weighted by molar-refractivity contribution is -0.384. The second-order valence-corrected chi connectivity index (χ2v) is 4.92. The standard InChI is InChI=1S/C11H14BrN3O3/c1-7(2)13-6-11(16)14-9-4-3-8(12)5-10(9)15(17)18/h3-5,7,13H,6H2,1-2H3,(H,14,16). The molecule has 7 heteroatoms. The number of nitro groups is 1. The molecule has 0 bridgehead atoms. The molecule has 0 spiro atoms. The maximum absolute atomic E-state index is 11.6. The van der Waals surface area contributed by atoms with E-state index in [-0.39, 0.29) is 29.9 Å². The van der Waals surface area contributed by atoms with Crippen LogP contribution in [-0.4, -0.2) is 23.4 Å². The second kappa shape index (κ2) is 6.46. The van der Waals surface area contributed by atoms with Gasteiger partial charge in [-0.25, -0.2) is 0 Å². The van der Waals surface area contributed by atoms with Gasteiger partial charge in [-0.1, -0.05) is 29.8 Å². The summed E-state index contributed by atoms with van der Waals surface area (Å²) in [5, 5.41) is 16.3. The van der Waals surface area contributed by atoms with Gasteiger partial charge in [-0.15, -0.1) is 0 Å². The molecule has 0 aliphatic carbocycles. The lowest BCUT2D eigenvalue weighted by Crippen LogP contribution is -2.32. The first kappa shape index (κ1) is 14.6. The minimum atomic E-state index is -0.532. The van der Waals surface area contributed by atoms with Crippen molar-refractivity contribution in [2.24, 2.45) is 0 Å². The van der Waals surface area contributed by atoms with Crippen molar-refractivity contribution in [3.8, 4) is 0 Å². The highest BCUT2D eigenvalue weighted by Gasteiger charge is 2.16. The number of nitrogens with zero attached hydrogens (tertiary/aromatic N) is 1. The minimum Gasteiger partial charge on any atom is -0.319 e. The number of nitrogens with one attached hydrogen (secondary N) is 2. The Morgan fingerprint density at radius 2 is 2.17 bits per heavy atom. The molecule has 1 aromatic rings. The van der Waals surface area contributed by atoms with E-state index in [0.717, 1.165) is 0 Å². The van der Waals surface area contributed by atoms with Gasteiger partial charge in [-0.3, -0.25) is 14.9 Å². The monoisotopic (exact) mass is 315 g/mol. The van der Waals surface area contributed by atoms with Crippen molar-refractivity contribution in [1.82, 2.24) is 5.32 Å². The van der Waals surface area contributed by atoms with Gasteiger partial charge in [0, 0.05) is 16.6 Å². The molecule has 1 amide bonds. The van der Waals surface area contributed by atoms with Gasteiger partial charge in [0.15, 0.2) is 0 Å². The maximum atomic E-state index is 11.6. The van der Waals surface area contributed by atoms with Gasteiger partial charge >= 0.3 is 0 Å². The van der Waals surface area contributed by atoms with Crippen molar-refractivity contribution >= 4 is 33.2 Å². The molecule has 0 fully saturated rings. The summed E-state index contributed by atoms with van der Waals surface area (Å²) >= 11 is 3.15. The number of benzene rings is 1. The topological polar surface area (TPSA) is 84.3 Å². The van der Waals surface area contributed by atoms with Gasteiger partial charge in [0.25, 0.3) is 5.69 Å². The van der Waals surface area contributed by atoms with Crippen LogP contribution in [0.5, 0.6) is 0 Å². The molecule has 0 radical (unpaired) electrons. The van der Waals surface area contributed by atoms with Crippen LogP contribution in [0.1, 0.15) is 13.8 Å². The van der Waals surface area contributed by atoms with Crippen LogP contribution in [0.15, 0.2) is 22.7 Å². The molecule has 0 heterocycles. The number of carbonyl (C=O) groups excluding carboxylic acids is 1. The van der Waals surface area contributed by atoms with Crippen molar-refractivity contribution in [2.45, 2.75) is 19.9 Å². The predicted octanol–water partition coefficient (Wildman–Crippen LogP) is 2.29. The summed E-state index contributed by atoms with van der Waals surface area (Å²) in [6.07, 6.45) is 0. The van der Waals surface area contributed by atoms with E-state index in [1.54, 1.807) is 6.07 Å². The Morgan fingerprint density at radius 3 is 2.72 bits per heavy atom. The zero-order chi connectivity index (χ0) is 13.7. The average molecular weight is 316 g/mol. The van der Waals surface area contributed by atoms with Crippen LogP contribution in [0.25, 0.3) is 0 Å². The van der Waals surface area contributed by atoms with E-state index in [1.807, 2.05) is 13.8 Å². The van der Waals surface area contributed by atoms with Gasteiger partial charge in [-0.05, 0) is 12.1 Å². The number of nitro benzene ring substituents is 1. The Morgan fingerprint density at radius 1 is 1.50 bits per heavy atom. The van der Waals surface area contributed by atoms with Crippen molar-refractivity contribution in [1.29, 1.82) is 0 Å². The number of rotatable bonds is 5. The summed E-state index contributed by atoms with van der Waals surface area (Å²) < 4.78 is 0.590. The van der Waals surface area contributed by atoms with Crippen LogP contribution in [-0.2, 0) is 4.79 Å². The fraction of sp³-hybridized carbons (Fsp3) is 0.364. The third-order valence-corrected chi connectivity index (χ3v) is 2.59. The highest BCUT2D eigenvalue weighted by Crippen LogP contribution is 2.27. The first-order valence-electron chi connectivity index (χ1n) is 5.37. The van der Waals surface area contributed by atoms with Crippen molar-refractivity contribution in [2.75, 3.05) is 11.9 Å². The van der Waals surface area contributed by atoms with Crippen LogP contribution in [0, 0.1) is 10.1 Å². The Labute approximate surface area is 113 Å². The van der Waals surface area contributed by atoms with E-state index >= 15 is 0 Å². The summed E-state index contributed by atoms with van der Waals surface area (Å²) in [5.74, 6) is -0.311. The third kappa shape index (κ3) is 4.42. The SMILES string of the molecule is CC(C)NCC(=O)Nc1ccc(Br)cc1[N+](=O)[O-]. The number of carbonyl (C=O) groups is 1. The van der Waals surface area contributed by atoms with Gasteiger partial charge in [-0.2, -0.15) is 0 Å². The molecule has 98 valence electrons. The Bertz CT molecular complexity index is 463. The van der Waals surface area contributed by atoms with Crippen molar-refractivity contribution in [3.63, 3.8) is 0 Å². The third-order valence-electron chi connectivity index (χ3n) is 2.10. The van der Waals surface area contributed by atoms with Crippen LogP contribution in [0.3, 0.4) is 0 Å². The first-order chi connectivity index (χ1) is 8.40. The van der Waals surface area contributed by atoms with Crippen molar-refractivity contribution < 1.29 is 9.72 Å². The quantitative estimate of drug-likeness (QED) is 0.645. The van der Waals surface area contributed by atoms with E-state index in [9.17, 15) is 14.9 Å². The van der Waals surface area contributed by atoms with Gasteiger partial charge in [0.2, 0.25) is 5.91 Å². The molecule has 0 saturated carbocycles. The molecule has 18 heavy (non-hydrogen) atoms. The molecular formula is C11H14BrN3O3. The summed E-state index contributed by atoms with van der Waals surface area (Å²) in [7, 11) is 0. The first-order valence-corrected chi connectivity index (χ1v) is 6.16. The summed E-state index contributed by atoms with van der Waals surface area (Å²) in [6.45, 7) is 3.94. The number of anilines is 1. The molecule has 1 rings (SSSR count). The highest BCUT2D eigenvalue weighted by atomic mass is 79.9. The molecule has 2 N–H and O–H groups in total. The summed E-state index contributed by atoms with van der Waals surface area (Å²) in [6, 6.07) is 4.66.